The summed E-state index contributed by atoms with van der Waals surface area (Å²) < 4.78 is 29.6. The zero-order valence-electron chi connectivity index (χ0n) is 8.89. The van der Waals surface area contributed by atoms with Gasteiger partial charge < -0.3 is 9.64 Å². The first-order valence-electron chi connectivity index (χ1n) is 4.81. The number of ether oxygens (including phenoxy) is 1. The van der Waals surface area contributed by atoms with Crippen LogP contribution in [0.1, 0.15) is 13.3 Å². The third-order valence-corrected chi connectivity index (χ3v) is 3.80. The van der Waals surface area contributed by atoms with Gasteiger partial charge in [0.05, 0.1) is 12.9 Å². The number of sulfonamides is 1. The SMILES string of the molecule is CCS(=O)(=O)NC1CCN(C(=O)OC)C1. The van der Waals surface area contributed by atoms with Crippen LogP contribution in [0.25, 0.3) is 0 Å². The van der Waals surface area contributed by atoms with E-state index in [-0.39, 0.29) is 11.8 Å². The van der Waals surface area contributed by atoms with Crippen molar-refractivity contribution >= 4 is 16.1 Å². The van der Waals surface area contributed by atoms with Crippen molar-refractivity contribution in [2.24, 2.45) is 0 Å². The Kier molecular flexibility index (Phi) is 3.92. The van der Waals surface area contributed by atoms with Crippen LogP contribution in [-0.2, 0) is 14.8 Å². The van der Waals surface area contributed by atoms with E-state index in [9.17, 15) is 13.2 Å². The predicted molar refractivity (Wildman–Crippen MR) is 55.0 cm³/mol. The van der Waals surface area contributed by atoms with Crippen molar-refractivity contribution < 1.29 is 17.9 Å². The van der Waals surface area contributed by atoms with E-state index in [2.05, 4.69) is 9.46 Å². The van der Waals surface area contributed by atoms with E-state index < -0.39 is 16.1 Å². The van der Waals surface area contributed by atoms with Crippen LogP contribution in [0, 0.1) is 0 Å². The highest BCUT2D eigenvalue weighted by Gasteiger charge is 2.28. The molecule has 0 aromatic carbocycles. The Balaban J connectivity index is 2.47. The quantitative estimate of drug-likeness (QED) is 0.734. The Morgan fingerprint density at radius 1 is 1.60 bits per heavy atom. The fraction of sp³-hybridized carbons (Fsp3) is 0.875. The summed E-state index contributed by atoms with van der Waals surface area (Å²) >= 11 is 0. The third kappa shape index (κ3) is 3.35. The van der Waals surface area contributed by atoms with Crippen molar-refractivity contribution in [2.75, 3.05) is 26.0 Å². The van der Waals surface area contributed by atoms with E-state index in [1.807, 2.05) is 0 Å². The molecule has 0 saturated carbocycles. The van der Waals surface area contributed by atoms with Crippen LogP contribution in [0.4, 0.5) is 4.79 Å². The first-order chi connectivity index (χ1) is 6.98. The maximum atomic E-state index is 11.3. The number of hydrogen-bond donors (Lipinski definition) is 1. The molecule has 0 aliphatic carbocycles. The molecule has 1 rings (SSSR count). The van der Waals surface area contributed by atoms with Crippen molar-refractivity contribution in [2.45, 2.75) is 19.4 Å². The van der Waals surface area contributed by atoms with Crippen molar-refractivity contribution in [1.82, 2.24) is 9.62 Å². The number of carbonyl (C=O) groups is 1. The molecule has 1 heterocycles. The maximum Gasteiger partial charge on any atom is 0.409 e. The highest BCUT2D eigenvalue weighted by Crippen LogP contribution is 2.11. The van der Waals surface area contributed by atoms with Gasteiger partial charge in [-0.25, -0.2) is 17.9 Å². The Labute approximate surface area is 89.6 Å². The molecular formula is C8H16N2O4S. The lowest BCUT2D eigenvalue weighted by Crippen LogP contribution is -2.39. The topological polar surface area (TPSA) is 75.7 Å². The van der Waals surface area contributed by atoms with Gasteiger partial charge in [-0.2, -0.15) is 0 Å². The molecule has 1 fully saturated rings. The van der Waals surface area contributed by atoms with Gasteiger partial charge in [0.2, 0.25) is 10.0 Å². The van der Waals surface area contributed by atoms with Gasteiger partial charge in [-0.05, 0) is 13.3 Å². The minimum absolute atomic E-state index is 0.0573. The lowest BCUT2D eigenvalue weighted by molar-refractivity contribution is 0.132. The van der Waals surface area contributed by atoms with Gasteiger partial charge >= 0.3 is 6.09 Å². The van der Waals surface area contributed by atoms with Gasteiger partial charge in [0.15, 0.2) is 0 Å². The molecule has 0 bridgehead atoms. The first kappa shape index (κ1) is 12.3. The molecular weight excluding hydrogens is 220 g/mol. The van der Waals surface area contributed by atoms with E-state index in [0.29, 0.717) is 19.5 Å². The van der Waals surface area contributed by atoms with E-state index in [1.165, 1.54) is 12.0 Å². The van der Waals surface area contributed by atoms with E-state index in [4.69, 9.17) is 0 Å². The van der Waals surface area contributed by atoms with Crippen molar-refractivity contribution in [3.05, 3.63) is 0 Å². The minimum atomic E-state index is -3.19. The highest BCUT2D eigenvalue weighted by molar-refractivity contribution is 7.89. The number of methoxy groups -OCH3 is 1. The average molecular weight is 236 g/mol. The Morgan fingerprint density at radius 3 is 2.80 bits per heavy atom. The van der Waals surface area contributed by atoms with E-state index in [1.54, 1.807) is 6.92 Å². The zero-order valence-corrected chi connectivity index (χ0v) is 9.71. The summed E-state index contributed by atoms with van der Waals surface area (Å²) in [6.45, 7) is 2.49. The predicted octanol–water partition coefficient (Wildman–Crippen LogP) is -0.234. The second-order valence-corrected chi connectivity index (χ2v) is 5.47. The smallest absolute Gasteiger partial charge is 0.409 e. The van der Waals surface area contributed by atoms with Crippen LogP contribution < -0.4 is 4.72 Å². The number of likely N-dealkylation sites (tertiary alicyclic amines) is 1. The highest BCUT2D eigenvalue weighted by atomic mass is 32.2. The Bertz CT molecular complexity index is 328. The molecule has 15 heavy (non-hydrogen) atoms. The van der Waals surface area contributed by atoms with Gasteiger partial charge in [-0.3, -0.25) is 0 Å². The molecule has 1 saturated heterocycles. The van der Waals surface area contributed by atoms with Crippen molar-refractivity contribution in [3.8, 4) is 0 Å². The van der Waals surface area contributed by atoms with Gasteiger partial charge in [0.25, 0.3) is 0 Å². The molecule has 0 radical (unpaired) electrons. The molecule has 1 atom stereocenters. The fourth-order valence-electron chi connectivity index (χ4n) is 1.49. The number of nitrogens with one attached hydrogen (secondary N) is 1. The maximum absolute atomic E-state index is 11.3. The summed E-state index contributed by atoms with van der Waals surface area (Å²) in [6.07, 6.45) is 0.224. The molecule has 1 aliphatic heterocycles. The zero-order chi connectivity index (χ0) is 11.5. The second-order valence-electron chi connectivity index (χ2n) is 3.42. The van der Waals surface area contributed by atoms with Gasteiger partial charge in [-0.15, -0.1) is 0 Å². The Morgan fingerprint density at radius 2 is 2.27 bits per heavy atom. The van der Waals surface area contributed by atoms with Gasteiger partial charge in [0, 0.05) is 19.1 Å². The molecule has 1 aliphatic rings. The number of hydrogen-bond acceptors (Lipinski definition) is 4. The molecule has 7 heteroatoms. The van der Waals surface area contributed by atoms with E-state index in [0.717, 1.165) is 0 Å². The van der Waals surface area contributed by atoms with Gasteiger partial charge in [-0.1, -0.05) is 0 Å². The summed E-state index contributed by atoms with van der Waals surface area (Å²) in [4.78, 5) is 12.6. The van der Waals surface area contributed by atoms with Crippen LogP contribution in [0.2, 0.25) is 0 Å². The number of rotatable bonds is 3. The first-order valence-corrected chi connectivity index (χ1v) is 6.46. The lowest BCUT2D eigenvalue weighted by atomic mass is 10.3. The second kappa shape index (κ2) is 4.80. The van der Waals surface area contributed by atoms with Crippen molar-refractivity contribution in [3.63, 3.8) is 0 Å². The summed E-state index contributed by atoms with van der Waals surface area (Å²) in [7, 11) is -1.88. The summed E-state index contributed by atoms with van der Waals surface area (Å²) in [5.41, 5.74) is 0. The number of nitrogens with zero attached hydrogens (tertiary/aromatic N) is 1. The van der Waals surface area contributed by atoms with Gasteiger partial charge in [0.1, 0.15) is 0 Å². The monoisotopic (exact) mass is 236 g/mol. The molecule has 1 amide bonds. The standard InChI is InChI=1S/C8H16N2O4S/c1-3-15(12,13)9-7-4-5-10(6-7)8(11)14-2/h7,9H,3-6H2,1-2H3. The summed E-state index contributed by atoms with van der Waals surface area (Å²) in [5, 5.41) is 0. The number of carbonyl (C=O) groups excluding carboxylic acids is 1. The minimum Gasteiger partial charge on any atom is -0.453 e. The van der Waals surface area contributed by atoms with Crippen LogP contribution in [0.5, 0.6) is 0 Å². The molecule has 1 N–H and O–H groups in total. The average Bonchev–Trinajstić information content (AvgIpc) is 2.64. The number of amides is 1. The largest absolute Gasteiger partial charge is 0.453 e. The van der Waals surface area contributed by atoms with Crippen molar-refractivity contribution in [1.29, 1.82) is 0 Å². The van der Waals surface area contributed by atoms with Crippen LogP contribution in [0.3, 0.4) is 0 Å². The van der Waals surface area contributed by atoms with E-state index >= 15 is 0 Å². The normalized spacial score (nSPS) is 21.7. The van der Waals surface area contributed by atoms with Crippen LogP contribution >= 0.6 is 0 Å². The molecule has 0 aromatic rings. The Hall–Kier alpha value is -0.820. The lowest BCUT2D eigenvalue weighted by Gasteiger charge is -2.15. The fourth-order valence-corrected chi connectivity index (χ4v) is 2.36. The van der Waals surface area contributed by atoms with Crippen LogP contribution in [0.15, 0.2) is 0 Å². The van der Waals surface area contributed by atoms with Crippen LogP contribution in [-0.4, -0.2) is 51.4 Å². The molecule has 1 unspecified atom stereocenters. The molecule has 0 spiro atoms. The summed E-state index contributed by atoms with van der Waals surface area (Å²) in [5.74, 6) is 0.0573. The third-order valence-electron chi connectivity index (χ3n) is 2.35. The molecule has 6 nitrogen and oxygen atoms in total. The summed E-state index contributed by atoms with van der Waals surface area (Å²) in [6, 6.07) is -0.186. The molecule has 0 aromatic heterocycles. The molecule has 88 valence electrons.